The number of rotatable bonds is 17. The first-order valence-corrected chi connectivity index (χ1v) is 27.7. The van der Waals surface area contributed by atoms with Crippen LogP contribution in [0.3, 0.4) is 0 Å². The highest BCUT2D eigenvalue weighted by Gasteiger charge is 2.45. The highest BCUT2D eigenvalue weighted by Crippen LogP contribution is 2.28. The number of ether oxygens (including phenoxy) is 1. The number of hydrogen-bond acceptors (Lipinski definition) is 13. The number of amides is 7. The average Bonchev–Trinajstić information content (AvgIpc) is 4.11. The molecule has 7 rings (SSSR count). The number of hydrogen-bond donors (Lipinski definition) is 10. The van der Waals surface area contributed by atoms with Crippen molar-refractivity contribution in [3.63, 3.8) is 0 Å². The molecule has 424 valence electrons. The third-order valence-electron chi connectivity index (χ3n) is 14.8. The molecule has 3 saturated heterocycles. The number of carbonyl (C=O) groups is 7. The summed E-state index contributed by atoms with van der Waals surface area (Å²) in [7, 11) is 0. The number of benzene rings is 4. The molecule has 0 aromatic heterocycles. The van der Waals surface area contributed by atoms with Crippen molar-refractivity contribution in [3.8, 4) is 33.8 Å². The van der Waals surface area contributed by atoms with E-state index in [2.05, 4.69) is 33.5 Å². The average molecular weight is 1090 g/mol. The van der Waals surface area contributed by atoms with Crippen LogP contribution in [0.15, 0.2) is 97.1 Å². The zero-order chi connectivity index (χ0) is 56.6. The third-order valence-corrected chi connectivity index (χ3v) is 14.8. The summed E-state index contributed by atoms with van der Waals surface area (Å²) in [6.07, 6.45) is 1.83. The molecule has 20 heteroatoms. The Morgan fingerprint density at radius 3 is 1.95 bits per heavy atom. The lowest BCUT2D eigenvalue weighted by Gasteiger charge is -2.32. The smallest absolute Gasteiger partial charge is 0.251 e. The van der Waals surface area contributed by atoms with Crippen molar-refractivity contribution in [2.24, 2.45) is 11.5 Å². The van der Waals surface area contributed by atoms with Crippen molar-refractivity contribution in [1.82, 2.24) is 36.4 Å². The zero-order valence-electron chi connectivity index (χ0n) is 45.1. The van der Waals surface area contributed by atoms with Gasteiger partial charge in [-0.15, -0.1) is 0 Å². The van der Waals surface area contributed by atoms with E-state index in [4.69, 9.17) is 16.2 Å². The maximum Gasteiger partial charge on any atom is 0.251 e. The van der Waals surface area contributed by atoms with Crippen molar-refractivity contribution in [1.29, 1.82) is 0 Å². The second-order valence-corrected chi connectivity index (χ2v) is 20.9. The Morgan fingerprint density at radius 2 is 1.32 bits per heavy atom. The van der Waals surface area contributed by atoms with Crippen LogP contribution in [-0.2, 0) is 35.2 Å². The van der Waals surface area contributed by atoms with Gasteiger partial charge in [0.2, 0.25) is 35.4 Å². The topological polar surface area (TPSA) is 308 Å². The van der Waals surface area contributed by atoms with Gasteiger partial charge in [-0.05, 0) is 135 Å². The minimum absolute atomic E-state index is 0.00147. The number of phenols is 1. The van der Waals surface area contributed by atoms with E-state index in [0.29, 0.717) is 31.6 Å². The van der Waals surface area contributed by atoms with Gasteiger partial charge in [0, 0.05) is 37.7 Å². The molecular formula is C59H77N9O11. The van der Waals surface area contributed by atoms with Crippen LogP contribution in [0.4, 0.5) is 0 Å². The first-order chi connectivity index (χ1) is 38.0. The van der Waals surface area contributed by atoms with E-state index in [9.17, 15) is 48.9 Å². The summed E-state index contributed by atoms with van der Waals surface area (Å²) < 4.78 is 5.87. The Kier molecular flexibility index (Phi) is 21.4. The van der Waals surface area contributed by atoms with Crippen LogP contribution in [0.5, 0.6) is 11.5 Å². The Hall–Kier alpha value is -7.39. The fourth-order valence-electron chi connectivity index (χ4n) is 10.3. The normalized spacial score (nSPS) is 24.0. The summed E-state index contributed by atoms with van der Waals surface area (Å²) in [5.74, 6) is -4.13. The highest BCUT2D eigenvalue weighted by molar-refractivity contribution is 6.00. The zero-order valence-corrected chi connectivity index (χ0v) is 45.1. The second-order valence-electron chi connectivity index (χ2n) is 20.9. The SMILES string of the molecule is CCCCCOc1ccc(-c2ccc(-c3ccc(C(=O)N[C@H]4CCCNC(=O)C5C[C@H](N)CN5C(=O)C(CCCCN)NC(=O)C(CCc5ccc(O)cc5)NC(=O)C5C[C@@H](O)CN5C(=O)C(C(C)O)NC4=O)cc3)cc2)cc1. The van der Waals surface area contributed by atoms with E-state index >= 15 is 0 Å². The molecule has 0 saturated carbocycles. The van der Waals surface area contributed by atoms with E-state index in [0.717, 1.165) is 52.2 Å². The monoisotopic (exact) mass is 1090 g/mol. The molecule has 4 aromatic carbocycles. The Bertz CT molecular complexity index is 2710. The first kappa shape index (κ1) is 59.3. The van der Waals surface area contributed by atoms with Gasteiger partial charge in [-0.3, -0.25) is 33.6 Å². The number of fused-ring (bicyclic) bond motifs is 2. The maximum absolute atomic E-state index is 14.5. The van der Waals surface area contributed by atoms with Gasteiger partial charge in [0.15, 0.2) is 0 Å². The molecule has 9 atom stereocenters. The van der Waals surface area contributed by atoms with Crippen molar-refractivity contribution in [2.75, 3.05) is 32.8 Å². The quantitative estimate of drug-likeness (QED) is 0.0682. The molecule has 3 aliphatic rings. The summed E-state index contributed by atoms with van der Waals surface area (Å²) in [5.41, 5.74) is 16.9. The third kappa shape index (κ3) is 16.1. The molecule has 6 unspecified atom stereocenters. The van der Waals surface area contributed by atoms with Crippen LogP contribution in [0.2, 0.25) is 0 Å². The van der Waals surface area contributed by atoms with Gasteiger partial charge in [0.1, 0.15) is 47.8 Å². The molecule has 79 heavy (non-hydrogen) atoms. The number of aliphatic hydroxyl groups excluding tert-OH is 2. The maximum atomic E-state index is 14.5. The number of aliphatic hydroxyl groups is 2. The molecule has 0 aliphatic carbocycles. The number of aryl methyl sites for hydroxylation is 1. The molecular weight excluding hydrogens is 1010 g/mol. The van der Waals surface area contributed by atoms with Crippen LogP contribution in [0.25, 0.3) is 22.3 Å². The molecule has 4 aromatic rings. The van der Waals surface area contributed by atoms with Crippen LogP contribution in [0.1, 0.15) is 100 Å². The predicted octanol–water partition coefficient (Wildman–Crippen LogP) is 2.79. The Balaban J connectivity index is 1.12. The number of unbranched alkanes of at least 4 members (excludes halogenated alkanes) is 3. The predicted molar refractivity (Wildman–Crippen MR) is 297 cm³/mol. The summed E-state index contributed by atoms with van der Waals surface area (Å²) in [6, 6.07) is 20.7. The van der Waals surface area contributed by atoms with Gasteiger partial charge in [-0.25, -0.2) is 0 Å². The lowest BCUT2D eigenvalue weighted by molar-refractivity contribution is -0.145. The van der Waals surface area contributed by atoms with Crippen LogP contribution in [-0.4, -0.2) is 154 Å². The van der Waals surface area contributed by atoms with Crippen LogP contribution < -0.4 is 42.8 Å². The lowest BCUT2D eigenvalue weighted by Crippen LogP contribution is -2.61. The molecule has 3 fully saturated rings. The molecule has 20 nitrogen and oxygen atoms in total. The van der Waals surface area contributed by atoms with E-state index in [-0.39, 0.29) is 75.9 Å². The molecule has 3 heterocycles. The highest BCUT2D eigenvalue weighted by atomic mass is 16.5. The lowest BCUT2D eigenvalue weighted by atomic mass is 9.99. The molecule has 3 aliphatic heterocycles. The van der Waals surface area contributed by atoms with Gasteiger partial charge >= 0.3 is 0 Å². The number of nitrogens with one attached hydrogen (secondary N) is 5. The minimum atomic E-state index is -1.66. The van der Waals surface area contributed by atoms with Crippen LogP contribution >= 0.6 is 0 Å². The number of phenolic OH excluding ortho intramolecular Hbond substituents is 1. The number of aromatic hydroxyl groups is 1. The summed E-state index contributed by atoms with van der Waals surface area (Å²) in [4.78, 5) is 103. The fraction of sp³-hybridized carbons (Fsp3) is 0.475. The Labute approximate surface area is 461 Å². The molecule has 12 N–H and O–H groups in total. The van der Waals surface area contributed by atoms with Crippen molar-refractivity contribution in [2.45, 2.75) is 145 Å². The molecule has 0 bridgehead atoms. The van der Waals surface area contributed by atoms with Gasteiger partial charge in [0.05, 0.1) is 18.8 Å². The van der Waals surface area contributed by atoms with Gasteiger partial charge < -0.3 is 67.9 Å². The number of nitrogens with two attached hydrogens (primary N) is 2. The van der Waals surface area contributed by atoms with Crippen molar-refractivity contribution >= 4 is 41.4 Å². The molecule has 0 radical (unpaired) electrons. The minimum Gasteiger partial charge on any atom is -0.508 e. The summed E-state index contributed by atoms with van der Waals surface area (Å²) >= 11 is 0. The fourth-order valence-corrected chi connectivity index (χ4v) is 10.3. The number of nitrogens with zero attached hydrogens (tertiary/aromatic N) is 2. The van der Waals surface area contributed by atoms with Gasteiger partial charge in [-0.2, -0.15) is 0 Å². The Morgan fingerprint density at radius 1 is 0.709 bits per heavy atom. The van der Waals surface area contributed by atoms with Gasteiger partial charge in [0.25, 0.3) is 5.91 Å². The van der Waals surface area contributed by atoms with Crippen molar-refractivity contribution in [3.05, 3.63) is 108 Å². The van der Waals surface area contributed by atoms with Crippen LogP contribution in [0, 0.1) is 0 Å². The van der Waals surface area contributed by atoms with E-state index in [1.807, 2.05) is 48.5 Å². The molecule has 7 amide bonds. The van der Waals surface area contributed by atoms with E-state index in [1.165, 1.54) is 24.0 Å². The summed E-state index contributed by atoms with van der Waals surface area (Å²) in [5, 5.41) is 45.7. The van der Waals surface area contributed by atoms with E-state index < -0.39 is 95.9 Å². The first-order valence-electron chi connectivity index (χ1n) is 27.7. The summed E-state index contributed by atoms with van der Waals surface area (Å²) in [6.45, 7) is 4.10. The largest absolute Gasteiger partial charge is 0.508 e. The van der Waals surface area contributed by atoms with Gasteiger partial charge in [-0.1, -0.05) is 80.4 Å². The number of carbonyl (C=O) groups excluding carboxylic acids is 7. The standard InChI is InChI=1S/C59H77N9O11/c1-3-4-7-31-79-46-26-22-41(23-27-46)39-16-14-38(15-17-39)40-18-20-42(21-19-40)53(72)63-47-10-8-30-62-56(75)50-32-43(61)34-67(50)58(77)49(9-5-6-29-60)65-54(73)48(28-13-37-11-24-44(70)25-12-37)64-57(76)51-33-45(71)35-68(51)59(78)52(36(2)69)66-55(47)74/h11-12,14-27,36,43,45,47-52,69-71H,3-10,13,28-35,60-61H2,1-2H3,(H,62,75)(H,63,72)(H,64,76)(H,65,73)(H,66,74)/t36?,43-,45+,47-,48?,49?,50?,51?,52?/m0/s1. The molecule has 0 spiro atoms. The van der Waals surface area contributed by atoms with Crippen molar-refractivity contribution < 1.29 is 53.6 Å². The van der Waals surface area contributed by atoms with E-state index in [1.54, 1.807) is 36.4 Å². The second kappa shape index (κ2) is 28.5.